The summed E-state index contributed by atoms with van der Waals surface area (Å²) in [6.07, 6.45) is 3.97. The van der Waals surface area contributed by atoms with Crippen LogP contribution in [0.4, 0.5) is 5.95 Å². The van der Waals surface area contributed by atoms with Crippen molar-refractivity contribution in [1.82, 2.24) is 20.2 Å². The van der Waals surface area contributed by atoms with Crippen molar-refractivity contribution in [2.24, 2.45) is 11.8 Å². The smallest absolute Gasteiger partial charge is 0.242 e. The molecule has 1 N–H and O–H groups in total. The second kappa shape index (κ2) is 4.59. The Kier molecular flexibility index (Phi) is 3.18. The highest BCUT2D eigenvalue weighted by Gasteiger charge is 2.31. The minimum Gasteiger partial charge on any atom is -0.353 e. The molecule has 15 heavy (non-hydrogen) atoms. The van der Waals surface area contributed by atoms with E-state index in [-0.39, 0.29) is 0 Å². The van der Waals surface area contributed by atoms with Crippen LogP contribution in [0.2, 0.25) is 0 Å². The summed E-state index contributed by atoms with van der Waals surface area (Å²) in [5.74, 6) is 2.74. The van der Waals surface area contributed by atoms with Gasteiger partial charge in [-0.3, -0.25) is 0 Å². The molecule has 0 saturated heterocycles. The van der Waals surface area contributed by atoms with Gasteiger partial charge in [-0.15, -0.1) is 0 Å². The first-order chi connectivity index (χ1) is 7.31. The predicted octanol–water partition coefficient (Wildman–Crippen LogP) is 1.54. The molecule has 0 aliphatic heterocycles. The lowest BCUT2D eigenvalue weighted by molar-refractivity contribution is 0.619. The second-order valence-corrected chi connectivity index (χ2v) is 4.36. The van der Waals surface area contributed by atoms with Crippen LogP contribution in [0.15, 0.2) is 0 Å². The molecule has 0 aromatic carbocycles. The van der Waals surface area contributed by atoms with Crippen molar-refractivity contribution in [3.8, 4) is 0 Å². The molecule has 0 radical (unpaired) electrons. The Labute approximate surface area is 90.2 Å². The Bertz CT molecular complexity index is 309. The SMILES string of the molecule is CCn1nnnc1NCCC[C@@H]1C[C@H]1C. The maximum atomic E-state index is 3.93. The summed E-state index contributed by atoms with van der Waals surface area (Å²) in [5.41, 5.74) is 0. The molecule has 2 rings (SSSR count). The molecule has 84 valence electrons. The minimum absolute atomic E-state index is 0.793. The molecular formula is C10H19N5. The van der Waals surface area contributed by atoms with E-state index >= 15 is 0 Å². The van der Waals surface area contributed by atoms with Gasteiger partial charge in [-0.05, 0) is 48.4 Å². The topological polar surface area (TPSA) is 55.6 Å². The van der Waals surface area contributed by atoms with E-state index in [2.05, 4.69) is 27.8 Å². The normalized spacial score (nSPS) is 24.1. The van der Waals surface area contributed by atoms with Gasteiger partial charge in [-0.25, -0.2) is 4.68 Å². The fraction of sp³-hybridized carbons (Fsp3) is 0.900. The monoisotopic (exact) mass is 209 g/mol. The minimum atomic E-state index is 0.793. The van der Waals surface area contributed by atoms with Crippen molar-refractivity contribution in [3.63, 3.8) is 0 Å². The molecule has 5 heteroatoms. The van der Waals surface area contributed by atoms with E-state index in [0.717, 1.165) is 30.9 Å². The molecule has 1 aliphatic carbocycles. The molecule has 0 amide bonds. The van der Waals surface area contributed by atoms with E-state index in [1.54, 1.807) is 4.68 Å². The van der Waals surface area contributed by atoms with E-state index < -0.39 is 0 Å². The molecule has 1 aromatic heterocycles. The molecule has 1 aromatic rings. The van der Waals surface area contributed by atoms with Crippen molar-refractivity contribution in [1.29, 1.82) is 0 Å². The van der Waals surface area contributed by atoms with Crippen molar-refractivity contribution >= 4 is 5.95 Å². The first-order valence-corrected chi connectivity index (χ1v) is 5.81. The second-order valence-electron chi connectivity index (χ2n) is 4.36. The molecule has 0 bridgehead atoms. The molecular weight excluding hydrogens is 190 g/mol. The van der Waals surface area contributed by atoms with Gasteiger partial charge in [-0.1, -0.05) is 12.0 Å². The highest BCUT2D eigenvalue weighted by atomic mass is 15.6. The zero-order valence-corrected chi connectivity index (χ0v) is 9.48. The van der Waals surface area contributed by atoms with Crippen LogP contribution in [0, 0.1) is 11.8 Å². The lowest BCUT2D eigenvalue weighted by Gasteiger charge is -2.04. The number of hydrogen-bond acceptors (Lipinski definition) is 4. The summed E-state index contributed by atoms with van der Waals surface area (Å²) in [5, 5.41) is 14.7. The van der Waals surface area contributed by atoms with Crippen LogP contribution >= 0.6 is 0 Å². The molecule has 0 spiro atoms. The van der Waals surface area contributed by atoms with Crippen LogP contribution in [-0.2, 0) is 6.54 Å². The summed E-state index contributed by atoms with van der Waals surface area (Å²) < 4.78 is 1.78. The van der Waals surface area contributed by atoms with Crippen molar-refractivity contribution in [2.75, 3.05) is 11.9 Å². The van der Waals surface area contributed by atoms with Crippen LogP contribution in [0.3, 0.4) is 0 Å². The average molecular weight is 209 g/mol. The molecule has 1 fully saturated rings. The number of nitrogens with zero attached hydrogens (tertiary/aromatic N) is 4. The van der Waals surface area contributed by atoms with E-state index in [1.165, 1.54) is 19.3 Å². The maximum Gasteiger partial charge on any atom is 0.242 e. The van der Waals surface area contributed by atoms with E-state index in [1.807, 2.05) is 6.92 Å². The molecule has 5 nitrogen and oxygen atoms in total. The summed E-state index contributed by atoms with van der Waals surface area (Å²) in [4.78, 5) is 0. The van der Waals surface area contributed by atoms with Gasteiger partial charge in [0.1, 0.15) is 0 Å². The Morgan fingerprint density at radius 1 is 1.53 bits per heavy atom. The van der Waals surface area contributed by atoms with Gasteiger partial charge in [0.25, 0.3) is 0 Å². The molecule has 1 aliphatic rings. The Balaban J connectivity index is 1.65. The quantitative estimate of drug-likeness (QED) is 0.722. The fourth-order valence-electron chi connectivity index (χ4n) is 1.91. The van der Waals surface area contributed by atoms with Crippen LogP contribution in [0.5, 0.6) is 0 Å². The number of tetrazole rings is 1. The van der Waals surface area contributed by atoms with Gasteiger partial charge in [-0.2, -0.15) is 0 Å². The zero-order chi connectivity index (χ0) is 10.7. The van der Waals surface area contributed by atoms with Crippen LogP contribution in [0.1, 0.15) is 33.1 Å². The highest BCUT2D eigenvalue weighted by molar-refractivity contribution is 5.20. The van der Waals surface area contributed by atoms with Crippen molar-refractivity contribution < 1.29 is 0 Å². The molecule has 1 saturated carbocycles. The van der Waals surface area contributed by atoms with Gasteiger partial charge in [0.15, 0.2) is 0 Å². The van der Waals surface area contributed by atoms with Crippen LogP contribution in [-0.4, -0.2) is 26.8 Å². The number of anilines is 1. The fourth-order valence-corrected chi connectivity index (χ4v) is 1.91. The van der Waals surface area contributed by atoms with E-state index in [0.29, 0.717) is 0 Å². The van der Waals surface area contributed by atoms with E-state index in [4.69, 9.17) is 0 Å². The first-order valence-electron chi connectivity index (χ1n) is 5.81. The Hall–Kier alpha value is -1.13. The predicted molar refractivity (Wildman–Crippen MR) is 58.5 cm³/mol. The largest absolute Gasteiger partial charge is 0.353 e. The number of aryl methyl sites for hydroxylation is 1. The molecule has 0 unspecified atom stereocenters. The number of nitrogens with one attached hydrogen (secondary N) is 1. The third-order valence-electron chi connectivity index (χ3n) is 3.14. The lowest BCUT2D eigenvalue weighted by atomic mass is 10.2. The third-order valence-corrected chi connectivity index (χ3v) is 3.14. The Morgan fingerprint density at radius 2 is 2.33 bits per heavy atom. The number of hydrogen-bond donors (Lipinski definition) is 1. The summed E-state index contributed by atoms with van der Waals surface area (Å²) in [6.45, 7) is 6.15. The standard InChI is InChI=1S/C10H19N5/c1-3-15-10(12-13-14-15)11-6-4-5-9-7-8(9)2/h8-9H,3-7H2,1-2H3,(H,11,12,14)/t8-,9-/m1/s1. The summed E-state index contributed by atoms with van der Waals surface area (Å²) >= 11 is 0. The van der Waals surface area contributed by atoms with Gasteiger partial charge >= 0.3 is 0 Å². The number of aromatic nitrogens is 4. The lowest BCUT2D eigenvalue weighted by Crippen LogP contribution is -2.09. The third kappa shape index (κ3) is 2.67. The van der Waals surface area contributed by atoms with Crippen LogP contribution < -0.4 is 5.32 Å². The van der Waals surface area contributed by atoms with Crippen LogP contribution in [0.25, 0.3) is 0 Å². The molecule has 2 atom stereocenters. The van der Waals surface area contributed by atoms with Gasteiger partial charge < -0.3 is 5.32 Å². The summed E-state index contributed by atoms with van der Waals surface area (Å²) in [6, 6.07) is 0. The van der Waals surface area contributed by atoms with Gasteiger partial charge in [0.2, 0.25) is 5.95 Å². The van der Waals surface area contributed by atoms with E-state index in [9.17, 15) is 0 Å². The van der Waals surface area contributed by atoms with Gasteiger partial charge in [0.05, 0.1) is 0 Å². The number of rotatable bonds is 6. The van der Waals surface area contributed by atoms with Crippen molar-refractivity contribution in [2.45, 2.75) is 39.7 Å². The first kappa shape index (κ1) is 10.4. The van der Waals surface area contributed by atoms with Crippen molar-refractivity contribution in [3.05, 3.63) is 0 Å². The highest BCUT2D eigenvalue weighted by Crippen LogP contribution is 2.41. The summed E-state index contributed by atoms with van der Waals surface area (Å²) in [7, 11) is 0. The van der Waals surface area contributed by atoms with Gasteiger partial charge in [0, 0.05) is 13.1 Å². The maximum absolute atomic E-state index is 3.93. The Morgan fingerprint density at radius 3 is 3.00 bits per heavy atom. The zero-order valence-electron chi connectivity index (χ0n) is 9.48. The average Bonchev–Trinajstić information content (AvgIpc) is 2.79. The molecule has 1 heterocycles.